The number of hydrogen-bond donors (Lipinski definition) is 1. The molecule has 0 spiro atoms. The highest BCUT2D eigenvalue weighted by Crippen LogP contribution is 2.07. The van der Waals surface area contributed by atoms with Crippen molar-refractivity contribution < 1.29 is 9.36 Å². The second-order valence-electron chi connectivity index (χ2n) is 4.28. The van der Waals surface area contributed by atoms with Gasteiger partial charge in [-0.15, -0.1) is 0 Å². The second-order valence-corrected chi connectivity index (χ2v) is 4.72. The number of hydrazone groups is 1. The van der Waals surface area contributed by atoms with Gasteiger partial charge >= 0.3 is 5.91 Å². The number of carbonyl (C=O) groups is 1. The summed E-state index contributed by atoms with van der Waals surface area (Å²) >= 11 is 6.01. The Labute approximate surface area is 128 Å². The summed E-state index contributed by atoms with van der Waals surface area (Å²) in [4.78, 5) is 11.6. The molecule has 1 N–H and O–H groups in total. The molecule has 0 saturated carbocycles. The van der Waals surface area contributed by atoms with Crippen LogP contribution in [0.2, 0.25) is 0 Å². The van der Waals surface area contributed by atoms with Crippen molar-refractivity contribution in [1.29, 1.82) is 0 Å². The zero-order valence-corrected chi connectivity index (χ0v) is 12.1. The smallest absolute Gasteiger partial charge is 0.266 e. The summed E-state index contributed by atoms with van der Waals surface area (Å²) in [7, 11) is 0. The van der Waals surface area contributed by atoms with Crippen LogP contribution in [0.4, 0.5) is 0 Å². The van der Waals surface area contributed by atoms with Gasteiger partial charge in [0.15, 0.2) is 12.4 Å². The Kier molecular flexibility index (Phi) is 5.67. The minimum Gasteiger partial charge on any atom is -0.266 e. The lowest BCUT2D eigenvalue weighted by Gasteiger charge is -1.96. The van der Waals surface area contributed by atoms with E-state index in [-0.39, 0.29) is 12.5 Å². The van der Waals surface area contributed by atoms with Gasteiger partial charge in [0.25, 0.3) is 0 Å². The van der Waals surface area contributed by atoms with Crippen molar-refractivity contribution in [3.8, 4) is 0 Å². The van der Waals surface area contributed by atoms with Crippen molar-refractivity contribution in [2.24, 2.45) is 5.10 Å². The van der Waals surface area contributed by atoms with E-state index in [2.05, 4.69) is 10.5 Å². The number of nitrogens with zero attached hydrogens (tertiary/aromatic N) is 2. The summed E-state index contributed by atoms with van der Waals surface area (Å²) in [6.45, 7) is 0.207. The van der Waals surface area contributed by atoms with Gasteiger partial charge in [0.05, 0.1) is 11.2 Å². The highest BCUT2D eigenvalue weighted by molar-refractivity contribution is 6.41. The van der Waals surface area contributed by atoms with Crippen LogP contribution in [0.3, 0.4) is 0 Å². The summed E-state index contributed by atoms with van der Waals surface area (Å²) in [5.41, 5.74) is 3.40. The first-order valence-corrected chi connectivity index (χ1v) is 6.80. The lowest BCUT2D eigenvalue weighted by Crippen LogP contribution is -2.40. The van der Waals surface area contributed by atoms with Gasteiger partial charge < -0.3 is 0 Å². The van der Waals surface area contributed by atoms with Crippen molar-refractivity contribution in [2.75, 3.05) is 0 Å². The molecule has 4 nitrogen and oxygen atoms in total. The van der Waals surface area contributed by atoms with Gasteiger partial charge in [0, 0.05) is 12.1 Å². The molecule has 1 aromatic heterocycles. The zero-order valence-electron chi connectivity index (χ0n) is 11.3. The molecule has 0 fully saturated rings. The normalized spacial score (nSPS) is 11.6. The minimum atomic E-state index is -0.216. The van der Waals surface area contributed by atoms with Gasteiger partial charge in [-0.2, -0.15) is 9.67 Å². The first-order chi connectivity index (χ1) is 10.2. The maximum atomic E-state index is 11.6. The van der Waals surface area contributed by atoms with E-state index in [9.17, 15) is 4.79 Å². The van der Waals surface area contributed by atoms with E-state index in [1.54, 1.807) is 10.6 Å². The van der Waals surface area contributed by atoms with E-state index in [1.807, 2.05) is 60.9 Å². The van der Waals surface area contributed by atoms with Gasteiger partial charge in [-0.05, 0) is 11.6 Å². The van der Waals surface area contributed by atoms with Gasteiger partial charge in [-0.1, -0.05) is 48.0 Å². The lowest BCUT2D eigenvalue weighted by atomic mass is 10.2. The number of nitrogens with one attached hydrogen (secondary N) is 1. The molecule has 21 heavy (non-hydrogen) atoms. The number of aromatic nitrogens is 1. The van der Waals surface area contributed by atoms with Crippen LogP contribution in [0, 0.1) is 0 Å². The third-order valence-electron chi connectivity index (χ3n) is 2.58. The molecule has 2 aromatic rings. The van der Waals surface area contributed by atoms with E-state index >= 15 is 0 Å². The molecule has 5 heteroatoms. The van der Waals surface area contributed by atoms with Crippen molar-refractivity contribution in [3.63, 3.8) is 0 Å². The molecule has 0 atom stereocenters. The van der Waals surface area contributed by atoms with Crippen LogP contribution in [0.1, 0.15) is 5.56 Å². The predicted molar refractivity (Wildman–Crippen MR) is 83.5 cm³/mol. The Morgan fingerprint density at radius 1 is 1.14 bits per heavy atom. The fraction of sp³-hybridized carbons (Fsp3) is 0.0625. The Morgan fingerprint density at radius 2 is 1.81 bits per heavy atom. The molecule has 1 aromatic carbocycles. The third kappa shape index (κ3) is 5.58. The number of pyridine rings is 1. The van der Waals surface area contributed by atoms with E-state index < -0.39 is 0 Å². The molecule has 106 valence electrons. The Morgan fingerprint density at radius 3 is 2.52 bits per heavy atom. The van der Waals surface area contributed by atoms with Crippen molar-refractivity contribution in [2.45, 2.75) is 6.54 Å². The monoisotopic (exact) mass is 300 g/mol. The molecule has 0 aliphatic heterocycles. The number of benzene rings is 1. The maximum Gasteiger partial charge on any atom is 0.305 e. The standard InChI is InChI=1S/C16H14ClN3O/c17-15(11-14-7-3-1-4-8-14)12-18-19-16(21)13-20-9-5-2-6-10-20/h1-12H,13H2/p+1/b15-11-,18-12-. The largest absolute Gasteiger partial charge is 0.305 e. The quantitative estimate of drug-likeness (QED) is 0.514. The SMILES string of the molecule is O=C(C[n+]1ccccc1)N/N=C\C(Cl)=C\c1ccccc1. The van der Waals surface area contributed by atoms with Crippen LogP contribution in [0.5, 0.6) is 0 Å². The predicted octanol–water partition coefficient (Wildman–Crippen LogP) is 2.36. The number of rotatable bonds is 5. The molecule has 0 saturated heterocycles. The molecule has 0 aliphatic rings. The van der Waals surface area contributed by atoms with Crippen LogP contribution >= 0.6 is 11.6 Å². The molecule has 2 rings (SSSR count). The van der Waals surface area contributed by atoms with Crippen LogP contribution in [-0.4, -0.2) is 12.1 Å². The Bertz CT molecular complexity index is 639. The van der Waals surface area contributed by atoms with E-state index in [1.165, 1.54) is 6.21 Å². The molecule has 0 radical (unpaired) electrons. The average Bonchev–Trinajstić information content (AvgIpc) is 2.49. The summed E-state index contributed by atoms with van der Waals surface area (Å²) in [5, 5.41) is 4.26. The lowest BCUT2D eigenvalue weighted by molar-refractivity contribution is -0.684. The van der Waals surface area contributed by atoms with Crippen LogP contribution in [0.25, 0.3) is 6.08 Å². The molecule has 0 aliphatic carbocycles. The Hall–Kier alpha value is -2.46. The molecule has 1 heterocycles. The highest BCUT2D eigenvalue weighted by atomic mass is 35.5. The number of amides is 1. The fourth-order valence-electron chi connectivity index (χ4n) is 1.65. The highest BCUT2D eigenvalue weighted by Gasteiger charge is 2.06. The molecule has 0 bridgehead atoms. The van der Waals surface area contributed by atoms with E-state index in [4.69, 9.17) is 11.6 Å². The zero-order chi connectivity index (χ0) is 14.9. The summed E-state index contributed by atoms with van der Waals surface area (Å²) < 4.78 is 1.76. The van der Waals surface area contributed by atoms with E-state index in [0.29, 0.717) is 5.03 Å². The third-order valence-corrected chi connectivity index (χ3v) is 2.79. The van der Waals surface area contributed by atoms with Crippen molar-refractivity contribution in [3.05, 3.63) is 71.5 Å². The van der Waals surface area contributed by atoms with Crippen LogP contribution in [0.15, 0.2) is 71.1 Å². The number of hydrogen-bond acceptors (Lipinski definition) is 2. The maximum absolute atomic E-state index is 11.6. The topological polar surface area (TPSA) is 45.3 Å². The second kappa shape index (κ2) is 7.97. The fourth-order valence-corrected chi connectivity index (χ4v) is 1.83. The number of allylic oxidation sites excluding steroid dienone is 1. The van der Waals surface area contributed by atoms with Gasteiger partial charge in [-0.3, -0.25) is 4.79 Å². The average molecular weight is 301 g/mol. The van der Waals surface area contributed by atoms with E-state index in [0.717, 1.165) is 5.56 Å². The van der Waals surface area contributed by atoms with Gasteiger partial charge in [-0.25, -0.2) is 5.43 Å². The number of carbonyl (C=O) groups excluding carboxylic acids is 1. The van der Waals surface area contributed by atoms with Crippen molar-refractivity contribution in [1.82, 2.24) is 5.43 Å². The van der Waals surface area contributed by atoms with Crippen molar-refractivity contribution >= 4 is 29.8 Å². The number of halogens is 1. The summed E-state index contributed by atoms with van der Waals surface area (Å²) in [6, 6.07) is 15.2. The first kappa shape index (κ1) is 14.9. The van der Waals surface area contributed by atoms with Gasteiger partial charge in [0.2, 0.25) is 6.54 Å². The molecular formula is C16H15ClN3O+. The Balaban J connectivity index is 1.84. The molecule has 1 amide bonds. The van der Waals surface area contributed by atoms with Crippen LogP contribution < -0.4 is 9.99 Å². The summed E-state index contributed by atoms with van der Waals surface area (Å²) in [6.07, 6.45) is 6.79. The molecular weight excluding hydrogens is 286 g/mol. The van der Waals surface area contributed by atoms with Gasteiger partial charge in [0.1, 0.15) is 0 Å². The summed E-state index contributed by atoms with van der Waals surface area (Å²) in [5.74, 6) is -0.216. The minimum absolute atomic E-state index is 0.207. The molecule has 0 unspecified atom stereocenters. The van der Waals surface area contributed by atoms with Crippen LogP contribution in [-0.2, 0) is 11.3 Å². The first-order valence-electron chi connectivity index (χ1n) is 6.42.